The minimum absolute atomic E-state index is 0.0104. The van der Waals surface area contributed by atoms with Gasteiger partial charge in [-0.3, -0.25) is 24.3 Å². The van der Waals surface area contributed by atoms with E-state index in [1.165, 1.54) is 42.7 Å². The molecule has 0 spiro atoms. The van der Waals surface area contributed by atoms with E-state index in [9.17, 15) is 45.5 Å². The maximum absolute atomic E-state index is 15.4. The van der Waals surface area contributed by atoms with Crippen molar-refractivity contribution in [2.75, 3.05) is 36.4 Å². The molecule has 314 valence electrons. The summed E-state index contributed by atoms with van der Waals surface area (Å²) in [6, 6.07) is 8.62. The number of benzene rings is 2. The van der Waals surface area contributed by atoms with Crippen LogP contribution in [0.1, 0.15) is 48.2 Å². The Balaban J connectivity index is 0.953. The number of hydrogen-bond acceptors (Lipinski definition) is 10. The number of nitrogens with zero attached hydrogens (tertiary/aromatic N) is 5. The number of nitrogens with one attached hydrogen (secondary N) is 1. The Bertz CT molecular complexity index is 2420. The zero-order valence-electron chi connectivity index (χ0n) is 34.1. The van der Waals surface area contributed by atoms with E-state index in [0.29, 0.717) is 53.7 Å². The molecule has 4 aromatic rings. The Labute approximate surface area is 336 Å². The fourth-order valence-electron chi connectivity index (χ4n) is 8.10. The third-order valence-corrected chi connectivity index (χ3v) is 11.1. The fourth-order valence-corrected chi connectivity index (χ4v) is 8.10. The molecule has 12 nitrogen and oxygen atoms in total. The van der Waals surface area contributed by atoms with Crippen molar-refractivity contribution < 1.29 is 58.8 Å². The van der Waals surface area contributed by atoms with Gasteiger partial charge in [0.1, 0.15) is 17.6 Å². The second kappa shape index (κ2) is 16.5. The summed E-state index contributed by atoms with van der Waals surface area (Å²) in [6.45, 7) is -0.431. The number of likely N-dealkylation sites (tertiary alicyclic amines) is 1. The number of amides is 2. The number of pyridine rings is 2. The molecule has 2 amide bonds. The highest BCUT2D eigenvalue weighted by atomic mass is 19.4. The summed E-state index contributed by atoms with van der Waals surface area (Å²) in [6.07, 6.45) is -4.20. The van der Waals surface area contributed by atoms with Gasteiger partial charge in [0.2, 0.25) is 0 Å². The van der Waals surface area contributed by atoms with Crippen molar-refractivity contribution in [1.82, 2.24) is 19.5 Å². The Hall–Kier alpha value is -5.72. The summed E-state index contributed by atoms with van der Waals surface area (Å²) >= 11 is 0. The molecule has 2 aromatic heterocycles. The molecule has 0 saturated carbocycles. The van der Waals surface area contributed by atoms with Crippen molar-refractivity contribution in [3.63, 3.8) is 0 Å². The van der Waals surface area contributed by atoms with Crippen molar-refractivity contribution >= 4 is 39.9 Å². The van der Waals surface area contributed by atoms with E-state index < -0.39 is 66.9 Å². The second-order valence-corrected chi connectivity index (χ2v) is 14.8. The van der Waals surface area contributed by atoms with E-state index in [0.717, 1.165) is 37.9 Å². The molecule has 19 heteroatoms. The molecule has 1 atom stereocenters. The number of halogens is 7. The highest BCUT2D eigenvalue weighted by molar-refractivity contribution is 6.01. The Morgan fingerprint density at radius 2 is 1.63 bits per heavy atom. The number of carbonyl (C=O) groups is 3. The van der Waals surface area contributed by atoms with Gasteiger partial charge >= 0.3 is 18.5 Å². The number of rotatable bonds is 9. The molecule has 3 saturated heterocycles. The van der Waals surface area contributed by atoms with Crippen LogP contribution in [0.4, 0.5) is 42.1 Å². The van der Waals surface area contributed by atoms with E-state index in [1.807, 2.05) is 9.80 Å². The Morgan fingerprint density at radius 3 is 2.29 bits per heavy atom. The number of ether oxygens (including phenoxy) is 1. The zero-order valence-corrected chi connectivity index (χ0v) is 31.1. The molecule has 2 aromatic carbocycles. The number of aromatic nitrogens is 2. The van der Waals surface area contributed by atoms with Crippen molar-refractivity contribution in [2.45, 2.75) is 63.7 Å². The van der Waals surface area contributed by atoms with Crippen LogP contribution in [-0.4, -0.2) is 82.1 Å². The molecule has 59 heavy (non-hydrogen) atoms. The predicted octanol–water partition coefficient (Wildman–Crippen LogP) is 6.72. The van der Waals surface area contributed by atoms with Crippen molar-refractivity contribution in [3.05, 3.63) is 82.8 Å². The van der Waals surface area contributed by atoms with Crippen LogP contribution < -0.4 is 20.5 Å². The fraction of sp³-hybridized carbons (Fsp3) is 0.425. The molecular weight excluding hydrogens is 793 g/mol. The quantitative estimate of drug-likeness (QED) is 0.144. The monoisotopic (exact) mass is 835 g/mol. The average Bonchev–Trinajstić information content (AvgIpc) is 3.20. The molecule has 1 N–H and O–H groups in total. The van der Waals surface area contributed by atoms with Gasteiger partial charge in [-0.15, -0.1) is 18.2 Å². The van der Waals surface area contributed by atoms with Gasteiger partial charge in [0.15, 0.2) is 0 Å². The number of hydrogen-bond donors (Lipinski definition) is 1. The molecule has 5 heterocycles. The first-order valence-electron chi connectivity index (χ1n) is 20.2. The number of anilines is 2. The van der Waals surface area contributed by atoms with Crippen LogP contribution in [0.2, 0.25) is 0 Å². The number of carbonyl (C=O) groups excluding carboxylic acids is 3. The summed E-state index contributed by atoms with van der Waals surface area (Å²) in [5.74, 6) is -5.50. The van der Waals surface area contributed by atoms with Gasteiger partial charge in [0.25, 0.3) is 17.4 Å². The van der Waals surface area contributed by atoms with E-state index >= 15 is 4.39 Å². The van der Waals surface area contributed by atoms with Crippen molar-refractivity contribution in [1.29, 1.82) is 0 Å². The van der Waals surface area contributed by atoms with Gasteiger partial charge in [-0.25, -0.2) is 9.18 Å². The minimum atomic E-state index is -5.43. The lowest BCUT2D eigenvalue weighted by atomic mass is 9.78. The van der Waals surface area contributed by atoms with E-state index in [4.69, 9.17) is 4.11 Å². The lowest BCUT2D eigenvalue weighted by molar-refractivity contribution is -0.275. The minimum Gasteiger partial charge on any atom is -0.405 e. The molecule has 7 rings (SSSR count). The van der Waals surface area contributed by atoms with Crippen molar-refractivity contribution in [3.8, 4) is 16.9 Å². The highest BCUT2D eigenvalue weighted by Crippen LogP contribution is 2.38. The molecule has 0 bridgehead atoms. The summed E-state index contributed by atoms with van der Waals surface area (Å²) in [5.41, 5.74) is 0.307. The average molecular weight is 836 g/mol. The number of imide groups is 1. The largest absolute Gasteiger partial charge is 0.573 e. The summed E-state index contributed by atoms with van der Waals surface area (Å²) < 4.78 is 123. The van der Waals surface area contributed by atoms with Gasteiger partial charge < -0.3 is 24.4 Å². The first kappa shape index (κ1) is 37.5. The lowest BCUT2D eigenvalue weighted by Gasteiger charge is -2.41. The summed E-state index contributed by atoms with van der Waals surface area (Å²) in [5, 5.41) is 2.78. The van der Waals surface area contributed by atoms with Crippen LogP contribution in [0.3, 0.4) is 0 Å². The third-order valence-electron chi connectivity index (χ3n) is 11.1. The molecule has 0 radical (unpaired) electrons. The van der Waals surface area contributed by atoms with Gasteiger partial charge in [-0.2, -0.15) is 13.2 Å². The van der Waals surface area contributed by atoms with E-state index in [2.05, 4.69) is 19.9 Å². The number of alkyl halides is 6. The SMILES string of the molecule is [2H]C([2H])([2H])n1cc(-c2ccc(CN3CCC(C4CCN(c5ccc(NC6CCC(=O)N(OC(=O)C(F)(F)F)C6=O)cc5F)CC4)CC3)c(OC(F)(F)F)c2)c2ccncc2c1=O. The summed E-state index contributed by atoms with van der Waals surface area (Å²) in [4.78, 5) is 60.7. The van der Waals surface area contributed by atoms with Gasteiger partial charge in [0.05, 0.1) is 11.1 Å². The van der Waals surface area contributed by atoms with Crippen LogP contribution >= 0.6 is 0 Å². The molecule has 1 unspecified atom stereocenters. The van der Waals surface area contributed by atoms with E-state index in [1.54, 1.807) is 6.07 Å². The number of hydroxylamine groups is 2. The molecule has 3 aliphatic rings. The normalized spacial score (nSPS) is 20.0. The molecule has 0 aliphatic carbocycles. The standard InChI is InChI=1S/C40H39F7N6O6/c1-50-22-30(28-8-13-48-20-29(28)36(50)55)25-2-3-26(34(18-25)58-40(45,46)47)21-51-14-9-23(10-15-51)24-11-16-52(17-12-24)33-6-4-27(19-31(33)41)49-32-5-7-35(54)53(37(32)56)59-38(57)39(42,43)44/h2-4,6,8,13,18-20,22-24,32,49H,5,7,9-12,14-17,21H2,1H3/i1D3. The number of fused-ring (bicyclic) bond motifs is 1. The van der Waals surface area contributed by atoms with Crippen molar-refractivity contribution in [2.24, 2.45) is 18.8 Å². The second-order valence-electron chi connectivity index (χ2n) is 14.8. The van der Waals surface area contributed by atoms with Crippen LogP contribution in [-0.2, 0) is 32.7 Å². The van der Waals surface area contributed by atoms with Crippen LogP contribution in [0.15, 0.2) is 65.8 Å². The highest BCUT2D eigenvalue weighted by Gasteiger charge is 2.46. The van der Waals surface area contributed by atoms with Gasteiger partial charge in [0, 0.05) is 72.5 Å². The van der Waals surface area contributed by atoms with Gasteiger partial charge in [-0.05, 0) is 98.3 Å². The predicted molar refractivity (Wildman–Crippen MR) is 199 cm³/mol. The smallest absolute Gasteiger partial charge is 0.405 e. The number of aryl methyl sites for hydroxylation is 1. The van der Waals surface area contributed by atoms with E-state index in [-0.39, 0.29) is 45.8 Å². The maximum Gasteiger partial charge on any atom is 0.573 e. The third kappa shape index (κ3) is 9.29. The Morgan fingerprint density at radius 1 is 0.915 bits per heavy atom. The van der Waals surface area contributed by atoms with Crippen LogP contribution in [0.5, 0.6) is 5.75 Å². The first-order valence-corrected chi connectivity index (χ1v) is 18.7. The summed E-state index contributed by atoms with van der Waals surface area (Å²) in [7, 11) is 0. The molecule has 3 fully saturated rings. The topological polar surface area (TPSA) is 126 Å². The molecule has 3 aliphatic heterocycles. The van der Waals surface area contributed by atoms with Crippen LogP contribution in [0.25, 0.3) is 21.9 Å². The lowest BCUT2D eigenvalue weighted by Crippen LogP contribution is -2.52. The first-order chi connectivity index (χ1) is 29.2. The molecular formula is C40H39F7N6O6. The zero-order chi connectivity index (χ0) is 44.7. The maximum atomic E-state index is 15.4. The van der Waals surface area contributed by atoms with Crippen LogP contribution in [0, 0.1) is 17.7 Å². The Kier molecular flexibility index (Phi) is 10.5. The van der Waals surface area contributed by atoms with Gasteiger partial charge in [-0.1, -0.05) is 12.1 Å². The number of piperidine rings is 3.